The zero-order valence-electron chi connectivity index (χ0n) is 14.5. The summed E-state index contributed by atoms with van der Waals surface area (Å²) in [7, 11) is 1.80. The zero-order chi connectivity index (χ0) is 17.1. The average Bonchev–Trinajstić information content (AvgIpc) is 2.89. The van der Waals surface area contributed by atoms with Gasteiger partial charge in [0.2, 0.25) is 5.91 Å². The van der Waals surface area contributed by atoms with E-state index in [0.717, 1.165) is 25.2 Å². The van der Waals surface area contributed by atoms with Crippen molar-refractivity contribution in [2.75, 3.05) is 33.2 Å². The molecular formula is C18H25N3O3. The lowest BCUT2D eigenvalue weighted by atomic mass is 10.1. The van der Waals surface area contributed by atoms with E-state index in [1.807, 2.05) is 19.1 Å². The van der Waals surface area contributed by atoms with Crippen molar-refractivity contribution in [2.45, 2.75) is 32.7 Å². The van der Waals surface area contributed by atoms with Gasteiger partial charge in [0.05, 0.1) is 5.52 Å². The number of fused-ring (bicyclic) bond motifs is 1. The molecule has 1 aromatic heterocycles. The van der Waals surface area contributed by atoms with Crippen molar-refractivity contribution in [1.29, 1.82) is 0 Å². The number of nitrogens with zero attached hydrogens (tertiary/aromatic N) is 3. The summed E-state index contributed by atoms with van der Waals surface area (Å²) in [5, 5.41) is 0. The number of rotatable bonds is 5. The number of oxazole rings is 1. The van der Waals surface area contributed by atoms with Gasteiger partial charge in [-0.1, -0.05) is 12.5 Å². The van der Waals surface area contributed by atoms with E-state index in [4.69, 9.17) is 4.42 Å². The molecular weight excluding hydrogens is 306 g/mol. The Hall–Kier alpha value is -2.08. The minimum absolute atomic E-state index is 0.0196. The monoisotopic (exact) mass is 331 g/mol. The fourth-order valence-electron chi connectivity index (χ4n) is 3.18. The Balaban J connectivity index is 1.64. The Morgan fingerprint density at radius 2 is 2.00 bits per heavy atom. The van der Waals surface area contributed by atoms with Crippen molar-refractivity contribution in [3.63, 3.8) is 0 Å². The van der Waals surface area contributed by atoms with E-state index in [1.54, 1.807) is 18.0 Å². The number of likely N-dealkylation sites (tertiary alicyclic amines) is 1. The molecule has 0 aliphatic carbocycles. The summed E-state index contributed by atoms with van der Waals surface area (Å²) in [5.74, 6) is -0.549. The molecule has 1 saturated heterocycles. The van der Waals surface area contributed by atoms with E-state index in [1.165, 1.54) is 23.8 Å². The first-order valence-corrected chi connectivity index (χ1v) is 8.61. The van der Waals surface area contributed by atoms with Gasteiger partial charge in [-0.3, -0.25) is 9.36 Å². The van der Waals surface area contributed by atoms with E-state index in [2.05, 4.69) is 4.90 Å². The first-order chi connectivity index (χ1) is 11.5. The molecule has 6 nitrogen and oxygen atoms in total. The molecule has 2 aromatic rings. The van der Waals surface area contributed by atoms with Crippen molar-refractivity contribution in [3.05, 3.63) is 34.3 Å². The van der Waals surface area contributed by atoms with Gasteiger partial charge >= 0.3 is 5.76 Å². The van der Waals surface area contributed by atoms with Gasteiger partial charge in [0, 0.05) is 20.1 Å². The van der Waals surface area contributed by atoms with Crippen LogP contribution >= 0.6 is 0 Å². The van der Waals surface area contributed by atoms with Gasteiger partial charge in [0.25, 0.3) is 0 Å². The van der Waals surface area contributed by atoms with Crippen LogP contribution in [0.15, 0.2) is 27.4 Å². The van der Waals surface area contributed by atoms with Crippen molar-refractivity contribution >= 4 is 17.0 Å². The first kappa shape index (κ1) is 16.8. The van der Waals surface area contributed by atoms with Crippen molar-refractivity contribution in [1.82, 2.24) is 14.4 Å². The van der Waals surface area contributed by atoms with Gasteiger partial charge in [-0.05, 0) is 50.6 Å². The summed E-state index contributed by atoms with van der Waals surface area (Å²) in [4.78, 5) is 28.6. The maximum absolute atomic E-state index is 12.5. The van der Waals surface area contributed by atoms with Crippen LogP contribution in [-0.4, -0.2) is 53.5 Å². The van der Waals surface area contributed by atoms with Crippen LogP contribution in [0.1, 0.15) is 24.8 Å². The van der Waals surface area contributed by atoms with Crippen LogP contribution in [0.5, 0.6) is 0 Å². The van der Waals surface area contributed by atoms with Gasteiger partial charge in [-0.2, -0.15) is 0 Å². The minimum Gasteiger partial charge on any atom is -0.408 e. The predicted molar refractivity (Wildman–Crippen MR) is 93.1 cm³/mol. The quantitative estimate of drug-likeness (QED) is 0.839. The lowest BCUT2D eigenvalue weighted by Crippen LogP contribution is -2.40. The lowest BCUT2D eigenvalue weighted by Gasteiger charge is -2.28. The highest BCUT2D eigenvalue weighted by Gasteiger charge is 2.17. The van der Waals surface area contributed by atoms with Gasteiger partial charge in [0.1, 0.15) is 6.54 Å². The Morgan fingerprint density at radius 1 is 1.25 bits per heavy atom. The number of aromatic nitrogens is 1. The number of likely N-dealkylation sites (N-methyl/N-ethyl adjacent to an activating group) is 1. The molecule has 0 spiro atoms. The normalized spacial score (nSPS) is 15.8. The topological polar surface area (TPSA) is 58.7 Å². The number of carbonyl (C=O) groups excluding carboxylic acids is 1. The number of benzene rings is 1. The molecule has 0 saturated carbocycles. The Kier molecular flexibility index (Phi) is 5.04. The second-order valence-electron chi connectivity index (χ2n) is 6.64. The molecule has 0 N–H and O–H groups in total. The van der Waals surface area contributed by atoms with E-state index >= 15 is 0 Å². The largest absolute Gasteiger partial charge is 0.420 e. The Morgan fingerprint density at radius 3 is 2.75 bits per heavy atom. The minimum atomic E-state index is -0.478. The molecule has 130 valence electrons. The van der Waals surface area contributed by atoms with Crippen LogP contribution in [-0.2, 0) is 11.3 Å². The van der Waals surface area contributed by atoms with Crippen LogP contribution in [0.2, 0.25) is 0 Å². The van der Waals surface area contributed by atoms with E-state index in [-0.39, 0.29) is 12.5 Å². The highest BCUT2D eigenvalue weighted by Crippen LogP contribution is 2.15. The maximum Gasteiger partial charge on any atom is 0.420 e. The summed E-state index contributed by atoms with van der Waals surface area (Å²) < 4.78 is 6.64. The van der Waals surface area contributed by atoms with Crippen molar-refractivity contribution < 1.29 is 9.21 Å². The predicted octanol–water partition coefficient (Wildman–Crippen LogP) is 1.85. The molecule has 1 aromatic carbocycles. The van der Waals surface area contributed by atoms with E-state index < -0.39 is 5.76 Å². The Labute approximate surface area is 141 Å². The van der Waals surface area contributed by atoms with Gasteiger partial charge in [-0.25, -0.2) is 4.79 Å². The number of hydrogen-bond acceptors (Lipinski definition) is 4. The van der Waals surface area contributed by atoms with Gasteiger partial charge < -0.3 is 14.2 Å². The molecule has 0 radical (unpaired) electrons. The van der Waals surface area contributed by atoms with E-state index in [9.17, 15) is 9.59 Å². The second-order valence-corrected chi connectivity index (χ2v) is 6.64. The summed E-state index contributed by atoms with van der Waals surface area (Å²) in [5.41, 5.74) is 2.23. The second kappa shape index (κ2) is 7.21. The number of amides is 1. The summed E-state index contributed by atoms with van der Waals surface area (Å²) in [6.45, 7) is 5.78. The molecule has 1 amide bonds. The number of aryl methyl sites for hydroxylation is 1. The zero-order valence-corrected chi connectivity index (χ0v) is 14.5. The van der Waals surface area contributed by atoms with Crippen LogP contribution < -0.4 is 5.76 Å². The molecule has 0 unspecified atom stereocenters. The Bertz CT molecular complexity index is 771. The van der Waals surface area contributed by atoms with E-state index in [0.29, 0.717) is 17.6 Å². The number of hydrogen-bond donors (Lipinski definition) is 0. The molecule has 0 atom stereocenters. The number of carbonyl (C=O) groups is 1. The molecule has 0 bridgehead atoms. The smallest absolute Gasteiger partial charge is 0.408 e. The summed E-state index contributed by atoms with van der Waals surface area (Å²) in [6.07, 6.45) is 3.79. The lowest BCUT2D eigenvalue weighted by molar-refractivity contribution is -0.130. The van der Waals surface area contributed by atoms with Crippen LogP contribution in [0, 0.1) is 6.92 Å². The molecule has 1 fully saturated rings. The molecule has 1 aliphatic rings. The van der Waals surface area contributed by atoms with Crippen molar-refractivity contribution in [2.24, 2.45) is 0 Å². The van der Waals surface area contributed by atoms with Gasteiger partial charge in [0.15, 0.2) is 5.58 Å². The maximum atomic E-state index is 12.5. The highest BCUT2D eigenvalue weighted by atomic mass is 16.4. The van der Waals surface area contributed by atoms with Crippen LogP contribution in [0.3, 0.4) is 0 Å². The van der Waals surface area contributed by atoms with Crippen LogP contribution in [0.25, 0.3) is 11.1 Å². The molecule has 3 rings (SSSR count). The molecule has 1 aliphatic heterocycles. The third kappa shape index (κ3) is 3.70. The first-order valence-electron chi connectivity index (χ1n) is 8.61. The van der Waals surface area contributed by atoms with Crippen LogP contribution in [0.4, 0.5) is 0 Å². The standard InChI is InChI=1S/C18H25N3O3/c1-14-6-7-16-15(12-14)21(18(23)24-16)13-17(22)19(2)10-11-20-8-4-3-5-9-20/h6-7,12H,3-5,8-11,13H2,1-2H3. The SMILES string of the molecule is Cc1ccc2oc(=O)n(CC(=O)N(C)CCN3CCCCC3)c2c1. The van der Waals surface area contributed by atoms with Gasteiger partial charge in [-0.15, -0.1) is 0 Å². The van der Waals surface area contributed by atoms with Crippen molar-refractivity contribution in [3.8, 4) is 0 Å². The molecule has 6 heteroatoms. The average molecular weight is 331 g/mol. The fourth-order valence-corrected chi connectivity index (χ4v) is 3.18. The summed E-state index contributed by atoms with van der Waals surface area (Å²) >= 11 is 0. The summed E-state index contributed by atoms with van der Waals surface area (Å²) in [6, 6.07) is 5.54. The fraction of sp³-hybridized carbons (Fsp3) is 0.556. The third-order valence-electron chi connectivity index (χ3n) is 4.74. The highest BCUT2D eigenvalue weighted by molar-refractivity contribution is 5.79. The molecule has 2 heterocycles. The third-order valence-corrected chi connectivity index (χ3v) is 4.74. The molecule has 24 heavy (non-hydrogen) atoms. The number of piperidine rings is 1.